The molecule has 0 heterocycles. The van der Waals surface area contributed by atoms with Crippen LogP contribution in [0.25, 0.3) is 0 Å². The van der Waals surface area contributed by atoms with Crippen molar-refractivity contribution in [2.24, 2.45) is 11.8 Å². The second-order valence-electron chi connectivity index (χ2n) is 5.58. The van der Waals surface area contributed by atoms with E-state index in [2.05, 4.69) is 0 Å². The van der Waals surface area contributed by atoms with E-state index in [9.17, 15) is 9.59 Å². The molecule has 2 atom stereocenters. The molecule has 1 rings (SSSR count). The Hall–Kier alpha value is -1.84. The average molecular weight is 278 g/mol. The highest BCUT2D eigenvalue weighted by Gasteiger charge is 2.14. The first-order valence-corrected chi connectivity index (χ1v) is 6.88. The van der Waals surface area contributed by atoms with Gasteiger partial charge in [0, 0.05) is 12.8 Å². The lowest BCUT2D eigenvalue weighted by molar-refractivity contribution is -0.139. The van der Waals surface area contributed by atoms with Crippen LogP contribution in [0.3, 0.4) is 0 Å². The molecule has 4 heteroatoms. The summed E-state index contributed by atoms with van der Waals surface area (Å²) >= 11 is 0. The van der Waals surface area contributed by atoms with Gasteiger partial charge in [-0.05, 0) is 35.8 Å². The number of aliphatic carboxylic acids is 2. The molecule has 1 aromatic rings. The standard InChI is InChI=1S/C16H22O4/c1-11(9-15(17)18)7-13-5-3-4-6-14(13)8-12(2)10-16(19)20/h3-6,11-12H,7-10H2,1-2H3,(H,17,18)(H,19,20). The third-order valence-corrected chi connectivity index (χ3v) is 3.30. The second kappa shape index (κ2) is 7.68. The molecule has 0 radical (unpaired) electrons. The van der Waals surface area contributed by atoms with Crippen molar-refractivity contribution in [1.29, 1.82) is 0 Å². The lowest BCUT2D eigenvalue weighted by atomic mass is 9.90. The number of hydrogen-bond acceptors (Lipinski definition) is 2. The van der Waals surface area contributed by atoms with Gasteiger partial charge in [-0.3, -0.25) is 9.59 Å². The molecule has 0 aliphatic carbocycles. The minimum Gasteiger partial charge on any atom is -0.481 e. The molecule has 0 fully saturated rings. The molecule has 0 aliphatic heterocycles. The molecule has 4 nitrogen and oxygen atoms in total. The molecule has 20 heavy (non-hydrogen) atoms. The molecule has 2 N–H and O–H groups in total. The number of rotatable bonds is 8. The van der Waals surface area contributed by atoms with Crippen molar-refractivity contribution in [2.75, 3.05) is 0 Å². The molecule has 0 amide bonds. The molecule has 0 bridgehead atoms. The topological polar surface area (TPSA) is 74.6 Å². The van der Waals surface area contributed by atoms with Gasteiger partial charge in [-0.2, -0.15) is 0 Å². The zero-order valence-corrected chi connectivity index (χ0v) is 12.0. The summed E-state index contributed by atoms with van der Waals surface area (Å²) in [4.78, 5) is 21.4. The number of carboxylic acids is 2. The maximum atomic E-state index is 10.7. The molecular formula is C16H22O4. The van der Waals surface area contributed by atoms with Crippen LogP contribution >= 0.6 is 0 Å². The van der Waals surface area contributed by atoms with Crippen molar-refractivity contribution in [3.8, 4) is 0 Å². The van der Waals surface area contributed by atoms with E-state index in [0.717, 1.165) is 11.1 Å². The summed E-state index contributed by atoms with van der Waals surface area (Å²) in [6.45, 7) is 3.84. The van der Waals surface area contributed by atoms with E-state index in [0.29, 0.717) is 12.8 Å². The predicted octanol–water partition coefficient (Wildman–Crippen LogP) is 2.99. The van der Waals surface area contributed by atoms with E-state index >= 15 is 0 Å². The Morgan fingerprint density at radius 3 is 1.55 bits per heavy atom. The zero-order valence-electron chi connectivity index (χ0n) is 12.0. The van der Waals surface area contributed by atoms with Crippen molar-refractivity contribution in [3.63, 3.8) is 0 Å². The SMILES string of the molecule is CC(CC(=O)O)Cc1ccccc1CC(C)CC(=O)O. The van der Waals surface area contributed by atoms with E-state index in [1.165, 1.54) is 0 Å². The molecule has 1 aromatic carbocycles. The van der Waals surface area contributed by atoms with Crippen molar-refractivity contribution in [2.45, 2.75) is 39.5 Å². The van der Waals surface area contributed by atoms with Crippen molar-refractivity contribution in [3.05, 3.63) is 35.4 Å². The minimum atomic E-state index is -0.783. The minimum absolute atomic E-state index is 0.0726. The highest BCUT2D eigenvalue weighted by atomic mass is 16.4. The Labute approximate surface area is 119 Å². The molecule has 0 aliphatic rings. The third kappa shape index (κ3) is 5.87. The summed E-state index contributed by atoms with van der Waals surface area (Å²) in [7, 11) is 0. The quantitative estimate of drug-likeness (QED) is 0.766. The highest BCUT2D eigenvalue weighted by molar-refractivity contribution is 5.67. The van der Waals surface area contributed by atoms with Crippen LogP contribution in [0.5, 0.6) is 0 Å². The fraction of sp³-hybridized carbons (Fsp3) is 0.500. The summed E-state index contributed by atoms with van der Waals surface area (Å²) < 4.78 is 0. The Bertz CT molecular complexity index is 424. The smallest absolute Gasteiger partial charge is 0.303 e. The normalized spacial score (nSPS) is 13.7. The van der Waals surface area contributed by atoms with Crippen LogP contribution < -0.4 is 0 Å². The van der Waals surface area contributed by atoms with Crippen molar-refractivity contribution < 1.29 is 19.8 Å². The van der Waals surface area contributed by atoms with Crippen LogP contribution in [0.2, 0.25) is 0 Å². The van der Waals surface area contributed by atoms with E-state index < -0.39 is 11.9 Å². The summed E-state index contributed by atoms with van der Waals surface area (Å²) in [5.41, 5.74) is 2.25. The monoisotopic (exact) mass is 278 g/mol. The van der Waals surface area contributed by atoms with Crippen molar-refractivity contribution >= 4 is 11.9 Å². The first-order valence-electron chi connectivity index (χ1n) is 6.88. The van der Waals surface area contributed by atoms with E-state index in [4.69, 9.17) is 10.2 Å². The van der Waals surface area contributed by atoms with Gasteiger partial charge >= 0.3 is 11.9 Å². The molecule has 0 spiro atoms. The first-order chi connectivity index (χ1) is 9.38. The predicted molar refractivity (Wildman–Crippen MR) is 76.7 cm³/mol. The molecule has 110 valence electrons. The zero-order chi connectivity index (χ0) is 15.1. The lowest BCUT2D eigenvalue weighted by Crippen LogP contribution is -2.11. The van der Waals surface area contributed by atoms with Gasteiger partial charge in [-0.1, -0.05) is 38.1 Å². The van der Waals surface area contributed by atoms with Crippen LogP contribution in [-0.2, 0) is 22.4 Å². The van der Waals surface area contributed by atoms with E-state index in [-0.39, 0.29) is 24.7 Å². The van der Waals surface area contributed by atoms with Crippen LogP contribution in [0.15, 0.2) is 24.3 Å². The average Bonchev–Trinajstić information content (AvgIpc) is 2.29. The van der Waals surface area contributed by atoms with Gasteiger partial charge < -0.3 is 10.2 Å². The lowest BCUT2D eigenvalue weighted by Gasteiger charge is -2.15. The van der Waals surface area contributed by atoms with E-state index in [1.807, 2.05) is 38.1 Å². The summed E-state index contributed by atoms with van der Waals surface area (Å²) in [5.74, 6) is -1.42. The third-order valence-electron chi connectivity index (χ3n) is 3.30. The van der Waals surface area contributed by atoms with E-state index in [1.54, 1.807) is 0 Å². The van der Waals surface area contributed by atoms with Gasteiger partial charge in [0.2, 0.25) is 0 Å². The maximum absolute atomic E-state index is 10.7. The van der Waals surface area contributed by atoms with Gasteiger partial charge in [0.15, 0.2) is 0 Å². The second-order valence-corrected chi connectivity index (χ2v) is 5.58. The van der Waals surface area contributed by atoms with Crippen LogP contribution in [-0.4, -0.2) is 22.2 Å². The van der Waals surface area contributed by atoms with Crippen LogP contribution in [0.1, 0.15) is 37.8 Å². The number of benzene rings is 1. The van der Waals surface area contributed by atoms with Crippen LogP contribution in [0.4, 0.5) is 0 Å². The fourth-order valence-electron chi connectivity index (χ4n) is 2.45. The molecular weight excluding hydrogens is 256 g/mol. The first kappa shape index (κ1) is 16.2. The maximum Gasteiger partial charge on any atom is 0.303 e. The van der Waals surface area contributed by atoms with Gasteiger partial charge in [0.25, 0.3) is 0 Å². The summed E-state index contributed by atoms with van der Waals surface area (Å²) in [6.07, 6.45) is 1.72. The number of hydrogen-bond donors (Lipinski definition) is 2. The summed E-state index contributed by atoms with van der Waals surface area (Å²) in [5, 5.41) is 17.6. The Kier molecular flexibility index (Phi) is 6.22. The Morgan fingerprint density at radius 1 is 0.900 bits per heavy atom. The molecule has 0 aromatic heterocycles. The van der Waals surface area contributed by atoms with Gasteiger partial charge in [-0.15, -0.1) is 0 Å². The number of carboxylic acid groups (broad SMARTS) is 2. The number of carbonyl (C=O) groups is 2. The van der Waals surface area contributed by atoms with Crippen LogP contribution in [0, 0.1) is 11.8 Å². The highest BCUT2D eigenvalue weighted by Crippen LogP contribution is 2.20. The fourth-order valence-corrected chi connectivity index (χ4v) is 2.45. The Balaban J connectivity index is 2.72. The molecule has 0 saturated carbocycles. The van der Waals surface area contributed by atoms with Crippen molar-refractivity contribution in [1.82, 2.24) is 0 Å². The largest absolute Gasteiger partial charge is 0.481 e. The summed E-state index contributed by atoms with van der Waals surface area (Å²) in [6, 6.07) is 7.88. The van der Waals surface area contributed by atoms with Gasteiger partial charge in [0.1, 0.15) is 0 Å². The molecule has 2 unspecified atom stereocenters. The molecule has 0 saturated heterocycles. The van der Waals surface area contributed by atoms with Gasteiger partial charge in [-0.25, -0.2) is 0 Å². The Morgan fingerprint density at radius 2 is 1.25 bits per heavy atom. The van der Waals surface area contributed by atoms with Gasteiger partial charge in [0.05, 0.1) is 0 Å².